The van der Waals surface area contributed by atoms with Gasteiger partial charge in [-0.2, -0.15) is 0 Å². The third kappa shape index (κ3) is 4.25. The van der Waals surface area contributed by atoms with Crippen LogP contribution in [0.25, 0.3) is 0 Å². The van der Waals surface area contributed by atoms with Crippen molar-refractivity contribution in [3.8, 4) is 0 Å². The highest BCUT2D eigenvalue weighted by molar-refractivity contribution is 8.76. The number of nitrogens with zero attached hydrogens (tertiary/aromatic N) is 1. The van der Waals surface area contributed by atoms with Gasteiger partial charge < -0.3 is 16.6 Å². The third-order valence-corrected chi connectivity index (χ3v) is 4.07. The molecule has 1 aromatic heterocycles. The molecule has 1 atom stereocenters. The summed E-state index contributed by atoms with van der Waals surface area (Å²) in [6.07, 6.45) is 1.53. The maximum absolute atomic E-state index is 11.1. The fraction of sp³-hybridized carbons (Fsp3) is 0.222. The van der Waals surface area contributed by atoms with Gasteiger partial charge in [-0.05, 0) is 22.9 Å². The van der Waals surface area contributed by atoms with Gasteiger partial charge in [0, 0.05) is 11.9 Å². The number of aliphatic carboxylic acids is 1. The van der Waals surface area contributed by atoms with E-state index in [-0.39, 0.29) is 5.75 Å². The predicted octanol–water partition coefficient (Wildman–Crippen LogP) is 0.333. The normalized spacial score (nSPS) is 12.1. The molecule has 0 saturated heterocycles. The maximum atomic E-state index is 11.1. The summed E-state index contributed by atoms with van der Waals surface area (Å²) in [5, 5.41) is 9.05. The lowest BCUT2D eigenvalue weighted by atomic mass is 10.3. The van der Waals surface area contributed by atoms with Crippen LogP contribution in [0.5, 0.6) is 0 Å². The standard InChI is InChI=1S/C9H11N3O3S2/c10-6(9(14)15)4-16-17-8-5(7(11)13)2-1-3-12-8/h1-3,6H,4,10H2,(H2,11,13)(H,14,15)/t6-/m0/s1. The number of hydrogen-bond acceptors (Lipinski definition) is 6. The minimum absolute atomic E-state index is 0.217. The van der Waals surface area contributed by atoms with Gasteiger partial charge in [0.05, 0.1) is 5.56 Å². The van der Waals surface area contributed by atoms with E-state index in [0.29, 0.717) is 10.6 Å². The lowest BCUT2D eigenvalue weighted by molar-refractivity contribution is -0.137. The van der Waals surface area contributed by atoms with Crippen molar-refractivity contribution in [1.82, 2.24) is 4.98 Å². The summed E-state index contributed by atoms with van der Waals surface area (Å²) in [6, 6.07) is 2.24. The van der Waals surface area contributed by atoms with Crippen molar-refractivity contribution in [2.75, 3.05) is 5.75 Å². The number of carboxylic acids is 1. The van der Waals surface area contributed by atoms with Crippen LogP contribution in [0.2, 0.25) is 0 Å². The monoisotopic (exact) mass is 273 g/mol. The number of nitrogens with two attached hydrogens (primary N) is 2. The largest absolute Gasteiger partial charge is 0.480 e. The highest BCUT2D eigenvalue weighted by Gasteiger charge is 2.14. The number of aromatic nitrogens is 1. The zero-order valence-electron chi connectivity index (χ0n) is 8.70. The van der Waals surface area contributed by atoms with Gasteiger partial charge in [0.15, 0.2) is 0 Å². The first-order chi connectivity index (χ1) is 8.02. The first kappa shape index (κ1) is 13.8. The van der Waals surface area contributed by atoms with Gasteiger partial charge in [0.25, 0.3) is 5.91 Å². The first-order valence-corrected chi connectivity index (χ1v) is 6.87. The van der Waals surface area contributed by atoms with Gasteiger partial charge in [-0.1, -0.05) is 10.8 Å². The summed E-state index contributed by atoms with van der Waals surface area (Å²) < 4.78 is 0. The van der Waals surface area contributed by atoms with Gasteiger partial charge in [-0.3, -0.25) is 9.59 Å². The Morgan fingerprint density at radius 3 is 2.82 bits per heavy atom. The molecule has 0 saturated carbocycles. The van der Waals surface area contributed by atoms with Gasteiger partial charge in [-0.15, -0.1) is 0 Å². The van der Waals surface area contributed by atoms with Crippen molar-refractivity contribution < 1.29 is 14.7 Å². The van der Waals surface area contributed by atoms with E-state index in [1.165, 1.54) is 27.8 Å². The van der Waals surface area contributed by atoms with Crippen molar-refractivity contribution in [1.29, 1.82) is 0 Å². The third-order valence-electron chi connectivity index (χ3n) is 1.74. The topological polar surface area (TPSA) is 119 Å². The molecule has 0 fully saturated rings. The van der Waals surface area contributed by atoms with E-state index in [9.17, 15) is 9.59 Å². The highest BCUT2D eigenvalue weighted by Crippen LogP contribution is 2.31. The SMILES string of the molecule is NC(=O)c1cccnc1SSC[C@H](N)C(=O)O. The van der Waals surface area contributed by atoms with Crippen LogP contribution < -0.4 is 11.5 Å². The quantitative estimate of drug-likeness (QED) is 0.639. The lowest BCUT2D eigenvalue weighted by Gasteiger charge is -2.06. The molecular weight excluding hydrogens is 262 g/mol. The van der Waals surface area contributed by atoms with Crippen LogP contribution in [0.3, 0.4) is 0 Å². The smallest absolute Gasteiger partial charge is 0.321 e. The van der Waals surface area contributed by atoms with Crippen molar-refractivity contribution in [3.63, 3.8) is 0 Å². The number of carboxylic acid groups (broad SMARTS) is 1. The van der Waals surface area contributed by atoms with E-state index in [1.54, 1.807) is 12.1 Å². The number of primary amides is 1. The van der Waals surface area contributed by atoms with E-state index < -0.39 is 17.9 Å². The van der Waals surface area contributed by atoms with E-state index in [0.717, 1.165) is 0 Å². The molecule has 8 heteroatoms. The Kier molecular flexibility index (Phi) is 5.26. The second kappa shape index (κ2) is 6.48. The second-order valence-electron chi connectivity index (χ2n) is 3.03. The summed E-state index contributed by atoms with van der Waals surface area (Å²) in [5.74, 6) is -1.41. The molecule has 1 amide bonds. The maximum Gasteiger partial charge on any atom is 0.321 e. The van der Waals surface area contributed by atoms with Gasteiger partial charge in [0.2, 0.25) is 0 Å². The number of carbonyl (C=O) groups excluding carboxylic acids is 1. The van der Waals surface area contributed by atoms with Gasteiger partial charge in [-0.25, -0.2) is 4.98 Å². The zero-order valence-corrected chi connectivity index (χ0v) is 10.3. The Hall–Kier alpha value is -1.25. The molecular formula is C9H11N3O3S2. The molecule has 0 bridgehead atoms. The van der Waals surface area contributed by atoms with Crippen molar-refractivity contribution in [2.24, 2.45) is 11.5 Å². The van der Waals surface area contributed by atoms with Gasteiger partial charge in [0.1, 0.15) is 11.1 Å². The molecule has 1 heterocycles. The molecule has 0 radical (unpaired) electrons. The minimum Gasteiger partial charge on any atom is -0.480 e. The Balaban J connectivity index is 2.58. The fourth-order valence-corrected chi connectivity index (χ4v) is 3.09. The van der Waals surface area contributed by atoms with Crippen LogP contribution in [0.4, 0.5) is 0 Å². The summed E-state index contributed by atoms with van der Waals surface area (Å²) in [7, 11) is 2.40. The molecule has 0 spiro atoms. The Labute approximate surface area is 106 Å². The van der Waals surface area contributed by atoms with E-state index in [2.05, 4.69) is 4.98 Å². The number of carbonyl (C=O) groups is 2. The summed E-state index contributed by atoms with van der Waals surface area (Å²) >= 11 is 0. The number of pyridine rings is 1. The Morgan fingerprint density at radius 2 is 2.24 bits per heavy atom. The molecule has 1 rings (SSSR count). The number of amides is 1. The van der Waals surface area contributed by atoms with Crippen LogP contribution in [0.1, 0.15) is 10.4 Å². The average molecular weight is 273 g/mol. The second-order valence-corrected chi connectivity index (χ2v) is 5.36. The molecule has 0 unspecified atom stereocenters. The van der Waals surface area contributed by atoms with Crippen molar-refractivity contribution in [3.05, 3.63) is 23.9 Å². The summed E-state index contributed by atoms with van der Waals surface area (Å²) in [4.78, 5) is 25.5. The lowest BCUT2D eigenvalue weighted by Crippen LogP contribution is -2.32. The number of rotatable bonds is 6. The van der Waals surface area contributed by atoms with Crippen LogP contribution in [0, 0.1) is 0 Å². The molecule has 0 aromatic carbocycles. The molecule has 0 aliphatic rings. The van der Waals surface area contributed by atoms with Crippen LogP contribution in [0.15, 0.2) is 23.4 Å². The van der Waals surface area contributed by atoms with E-state index >= 15 is 0 Å². The Bertz CT molecular complexity index is 428. The van der Waals surface area contributed by atoms with Crippen molar-refractivity contribution >= 4 is 33.5 Å². The Morgan fingerprint density at radius 1 is 1.53 bits per heavy atom. The minimum atomic E-state index is -1.06. The molecule has 92 valence electrons. The van der Waals surface area contributed by atoms with E-state index in [1.807, 2.05) is 0 Å². The summed E-state index contributed by atoms with van der Waals surface area (Å²) in [6.45, 7) is 0. The predicted molar refractivity (Wildman–Crippen MR) is 66.7 cm³/mol. The first-order valence-electron chi connectivity index (χ1n) is 4.55. The van der Waals surface area contributed by atoms with Crippen LogP contribution >= 0.6 is 21.6 Å². The molecule has 0 aliphatic heterocycles. The fourth-order valence-electron chi connectivity index (χ4n) is 0.879. The molecule has 1 aromatic rings. The number of hydrogen-bond donors (Lipinski definition) is 3. The van der Waals surface area contributed by atoms with E-state index in [4.69, 9.17) is 16.6 Å². The zero-order chi connectivity index (χ0) is 12.8. The van der Waals surface area contributed by atoms with Crippen LogP contribution in [-0.2, 0) is 4.79 Å². The van der Waals surface area contributed by atoms with Gasteiger partial charge >= 0.3 is 5.97 Å². The highest BCUT2D eigenvalue weighted by atomic mass is 33.1. The average Bonchev–Trinajstić information content (AvgIpc) is 2.29. The molecule has 5 N–H and O–H groups in total. The summed E-state index contributed by atoms with van der Waals surface area (Å²) in [5.41, 5.74) is 10.8. The van der Waals surface area contributed by atoms with Crippen molar-refractivity contribution in [2.45, 2.75) is 11.1 Å². The molecule has 0 aliphatic carbocycles. The van der Waals surface area contributed by atoms with Crippen LogP contribution in [-0.4, -0.2) is 33.8 Å². The molecule has 17 heavy (non-hydrogen) atoms. The molecule has 6 nitrogen and oxygen atoms in total.